The standard InChI is InChI=1S/C22H29N5O2/c1-26(2)21(28)19-5-3-17(4-6-19)15-24-22(29)25-20-9-13-27(14-10-20)16-18-7-11-23-12-8-18/h3-8,11-12,20H,9-10,13-16H2,1-2H3,(H2,24,25,29). The number of carbonyl (C=O) groups excluding carboxylic acids is 2. The zero-order chi connectivity index (χ0) is 20.6. The Kier molecular flexibility index (Phi) is 7.19. The van der Waals surface area contributed by atoms with Crippen molar-refractivity contribution in [2.45, 2.75) is 32.0 Å². The number of nitrogens with zero attached hydrogens (tertiary/aromatic N) is 3. The van der Waals surface area contributed by atoms with Crippen LogP contribution in [0.4, 0.5) is 4.79 Å². The second-order valence-electron chi connectivity index (χ2n) is 7.63. The Bertz CT molecular complexity index is 800. The molecule has 0 atom stereocenters. The fraction of sp³-hybridized carbons (Fsp3) is 0.409. The van der Waals surface area contributed by atoms with Crippen molar-refractivity contribution in [3.05, 3.63) is 65.5 Å². The van der Waals surface area contributed by atoms with Crippen molar-refractivity contribution in [1.82, 2.24) is 25.4 Å². The summed E-state index contributed by atoms with van der Waals surface area (Å²) in [6.07, 6.45) is 5.53. The number of amides is 3. The molecular weight excluding hydrogens is 366 g/mol. The lowest BCUT2D eigenvalue weighted by molar-refractivity contribution is 0.0827. The lowest BCUT2D eigenvalue weighted by atomic mass is 10.0. The Balaban J connectivity index is 1.37. The first-order valence-electron chi connectivity index (χ1n) is 9.97. The smallest absolute Gasteiger partial charge is 0.315 e. The molecule has 0 aliphatic carbocycles. The lowest BCUT2D eigenvalue weighted by Crippen LogP contribution is -2.47. The summed E-state index contributed by atoms with van der Waals surface area (Å²) in [5.74, 6) is -0.0301. The number of likely N-dealkylation sites (tertiary alicyclic amines) is 1. The van der Waals surface area contributed by atoms with E-state index in [1.807, 2.05) is 36.7 Å². The van der Waals surface area contributed by atoms with Crippen LogP contribution in [0.5, 0.6) is 0 Å². The predicted octanol–water partition coefficient (Wildman–Crippen LogP) is 2.25. The molecule has 2 aromatic rings. The highest BCUT2D eigenvalue weighted by molar-refractivity contribution is 5.93. The van der Waals surface area contributed by atoms with E-state index >= 15 is 0 Å². The highest BCUT2D eigenvalue weighted by Crippen LogP contribution is 2.13. The van der Waals surface area contributed by atoms with Crippen LogP contribution in [-0.2, 0) is 13.1 Å². The van der Waals surface area contributed by atoms with Crippen LogP contribution in [0.15, 0.2) is 48.8 Å². The maximum Gasteiger partial charge on any atom is 0.315 e. The molecular formula is C22H29N5O2. The van der Waals surface area contributed by atoms with Gasteiger partial charge >= 0.3 is 6.03 Å². The number of aromatic nitrogens is 1. The molecule has 1 fully saturated rings. The van der Waals surface area contributed by atoms with Crippen LogP contribution in [0.1, 0.15) is 34.3 Å². The number of nitrogens with one attached hydrogen (secondary N) is 2. The summed E-state index contributed by atoms with van der Waals surface area (Å²) in [4.78, 5) is 32.1. The van der Waals surface area contributed by atoms with Gasteiger partial charge in [-0.3, -0.25) is 14.7 Å². The van der Waals surface area contributed by atoms with Crippen molar-refractivity contribution in [1.29, 1.82) is 0 Å². The van der Waals surface area contributed by atoms with Crippen molar-refractivity contribution < 1.29 is 9.59 Å². The second kappa shape index (κ2) is 10.0. The van der Waals surface area contributed by atoms with Crippen LogP contribution in [-0.4, -0.2) is 59.9 Å². The van der Waals surface area contributed by atoms with Crippen molar-refractivity contribution in [3.8, 4) is 0 Å². The highest BCUT2D eigenvalue weighted by Gasteiger charge is 2.20. The molecule has 1 saturated heterocycles. The highest BCUT2D eigenvalue weighted by atomic mass is 16.2. The quantitative estimate of drug-likeness (QED) is 0.786. The first-order valence-corrected chi connectivity index (χ1v) is 9.97. The van der Waals surface area contributed by atoms with Gasteiger partial charge in [0.05, 0.1) is 0 Å². The normalized spacial score (nSPS) is 15.0. The predicted molar refractivity (Wildman–Crippen MR) is 112 cm³/mol. The summed E-state index contributed by atoms with van der Waals surface area (Å²) >= 11 is 0. The van der Waals surface area contributed by atoms with Gasteiger partial charge in [0, 0.05) is 64.3 Å². The summed E-state index contributed by atoms with van der Waals surface area (Å²) in [5.41, 5.74) is 2.87. The van der Waals surface area contributed by atoms with Crippen LogP contribution in [0.3, 0.4) is 0 Å². The molecule has 3 amide bonds. The molecule has 3 rings (SSSR count). The number of benzene rings is 1. The van der Waals surface area contributed by atoms with E-state index in [4.69, 9.17) is 0 Å². The molecule has 2 N–H and O–H groups in total. The van der Waals surface area contributed by atoms with Gasteiger partial charge in [-0.05, 0) is 48.2 Å². The van der Waals surface area contributed by atoms with Gasteiger partial charge in [-0.2, -0.15) is 0 Å². The fourth-order valence-corrected chi connectivity index (χ4v) is 3.42. The van der Waals surface area contributed by atoms with Gasteiger partial charge in [-0.15, -0.1) is 0 Å². The van der Waals surface area contributed by atoms with E-state index < -0.39 is 0 Å². The van der Waals surface area contributed by atoms with Gasteiger partial charge in [-0.1, -0.05) is 12.1 Å². The van der Waals surface area contributed by atoms with Gasteiger partial charge in [0.2, 0.25) is 0 Å². The molecule has 2 heterocycles. The number of carbonyl (C=O) groups is 2. The van der Waals surface area contributed by atoms with E-state index in [1.165, 1.54) is 5.56 Å². The SMILES string of the molecule is CN(C)C(=O)c1ccc(CNC(=O)NC2CCN(Cc3ccncc3)CC2)cc1. The van der Waals surface area contributed by atoms with Crippen LogP contribution in [0.25, 0.3) is 0 Å². The first kappa shape index (κ1) is 20.8. The van der Waals surface area contributed by atoms with Gasteiger partial charge in [0.1, 0.15) is 0 Å². The largest absolute Gasteiger partial charge is 0.345 e. The van der Waals surface area contributed by atoms with Crippen LogP contribution in [0, 0.1) is 0 Å². The van der Waals surface area contributed by atoms with Crippen LogP contribution in [0.2, 0.25) is 0 Å². The monoisotopic (exact) mass is 395 g/mol. The Labute approximate surface area is 172 Å². The van der Waals surface area contributed by atoms with Gasteiger partial charge in [0.15, 0.2) is 0 Å². The first-order chi connectivity index (χ1) is 14.0. The van der Waals surface area contributed by atoms with E-state index in [9.17, 15) is 9.59 Å². The summed E-state index contributed by atoms with van der Waals surface area (Å²) in [6.45, 7) is 3.29. The zero-order valence-corrected chi connectivity index (χ0v) is 17.1. The molecule has 1 aliphatic heterocycles. The molecule has 0 bridgehead atoms. The van der Waals surface area contributed by atoms with Crippen molar-refractivity contribution >= 4 is 11.9 Å². The van der Waals surface area contributed by atoms with E-state index in [0.717, 1.165) is 38.0 Å². The Morgan fingerprint density at radius 2 is 1.69 bits per heavy atom. The topological polar surface area (TPSA) is 77.6 Å². The Hall–Kier alpha value is -2.93. The molecule has 29 heavy (non-hydrogen) atoms. The number of urea groups is 1. The zero-order valence-electron chi connectivity index (χ0n) is 17.1. The van der Waals surface area contributed by atoms with E-state index in [2.05, 4.69) is 20.5 Å². The summed E-state index contributed by atoms with van der Waals surface area (Å²) < 4.78 is 0. The maximum atomic E-state index is 12.2. The molecule has 0 unspecified atom stereocenters. The summed E-state index contributed by atoms with van der Waals surface area (Å²) in [7, 11) is 3.46. The van der Waals surface area contributed by atoms with Crippen LogP contribution < -0.4 is 10.6 Å². The minimum absolute atomic E-state index is 0.0301. The van der Waals surface area contributed by atoms with Crippen molar-refractivity contribution in [2.24, 2.45) is 0 Å². The number of piperidine rings is 1. The lowest BCUT2D eigenvalue weighted by Gasteiger charge is -2.32. The minimum Gasteiger partial charge on any atom is -0.345 e. The number of hydrogen-bond acceptors (Lipinski definition) is 4. The molecule has 1 aromatic carbocycles. The molecule has 154 valence electrons. The van der Waals surface area contributed by atoms with E-state index in [1.54, 1.807) is 31.1 Å². The third-order valence-corrected chi connectivity index (χ3v) is 5.14. The Morgan fingerprint density at radius 1 is 1.03 bits per heavy atom. The maximum absolute atomic E-state index is 12.2. The average molecular weight is 396 g/mol. The number of hydrogen-bond donors (Lipinski definition) is 2. The fourth-order valence-electron chi connectivity index (χ4n) is 3.42. The van der Waals surface area contributed by atoms with Gasteiger partial charge in [0.25, 0.3) is 5.91 Å². The molecule has 1 aliphatic rings. The molecule has 0 saturated carbocycles. The molecule has 0 radical (unpaired) electrons. The van der Waals surface area contributed by atoms with E-state index in [0.29, 0.717) is 12.1 Å². The summed E-state index contributed by atoms with van der Waals surface area (Å²) in [6, 6.07) is 11.4. The third kappa shape index (κ3) is 6.29. The molecule has 1 aromatic heterocycles. The van der Waals surface area contributed by atoms with Crippen LogP contribution >= 0.6 is 0 Å². The molecule has 7 nitrogen and oxygen atoms in total. The molecule has 7 heteroatoms. The van der Waals surface area contributed by atoms with Gasteiger partial charge < -0.3 is 15.5 Å². The molecule has 0 spiro atoms. The van der Waals surface area contributed by atoms with Crippen molar-refractivity contribution in [3.63, 3.8) is 0 Å². The second-order valence-corrected chi connectivity index (χ2v) is 7.63. The Morgan fingerprint density at radius 3 is 2.31 bits per heavy atom. The third-order valence-electron chi connectivity index (χ3n) is 5.14. The summed E-state index contributed by atoms with van der Waals surface area (Å²) in [5, 5.41) is 5.97. The number of pyridine rings is 1. The van der Waals surface area contributed by atoms with E-state index in [-0.39, 0.29) is 18.0 Å². The number of rotatable bonds is 6. The van der Waals surface area contributed by atoms with Gasteiger partial charge in [-0.25, -0.2) is 4.79 Å². The minimum atomic E-state index is -0.147. The average Bonchev–Trinajstić information content (AvgIpc) is 2.74. The van der Waals surface area contributed by atoms with Crippen molar-refractivity contribution in [2.75, 3.05) is 27.2 Å².